The molecule has 3 N–H and O–H groups in total. The van der Waals surface area contributed by atoms with Crippen LogP contribution in [0.2, 0.25) is 0 Å². The number of pyridine rings is 1. The summed E-state index contributed by atoms with van der Waals surface area (Å²) < 4.78 is 24.4. The molecule has 2 amide bonds. The van der Waals surface area contributed by atoms with Gasteiger partial charge in [0.05, 0.1) is 20.8 Å². The molecule has 1 unspecified atom stereocenters. The van der Waals surface area contributed by atoms with Crippen molar-refractivity contribution in [3.63, 3.8) is 0 Å². The monoisotopic (exact) mass is 417 g/mol. The average molecular weight is 417 g/mol. The van der Waals surface area contributed by atoms with Crippen molar-refractivity contribution in [1.82, 2.24) is 30.2 Å². The quantitative estimate of drug-likeness (QED) is 0.513. The molecule has 0 aliphatic heterocycles. The third kappa shape index (κ3) is 4.74. The molecule has 160 valence electrons. The molecular weight excluding hydrogens is 393 g/mol. The second-order valence-corrected chi connectivity index (χ2v) is 6.76. The third-order valence-electron chi connectivity index (χ3n) is 4.26. The summed E-state index contributed by atoms with van der Waals surface area (Å²) in [6, 6.07) is 2.91. The minimum atomic E-state index is -1.16. The molecule has 0 saturated carbocycles. The second kappa shape index (κ2) is 9.35. The number of nitrogens with one attached hydrogen (secondary N) is 3. The molecule has 0 saturated heterocycles. The van der Waals surface area contributed by atoms with Gasteiger partial charge < -0.3 is 24.7 Å². The smallest absolute Gasteiger partial charge is 0.320 e. The largest absolute Gasteiger partial charge is 0.480 e. The number of halogens is 1. The van der Waals surface area contributed by atoms with Crippen LogP contribution in [0.1, 0.15) is 0 Å². The van der Waals surface area contributed by atoms with Gasteiger partial charge in [-0.15, -0.1) is 0 Å². The molecule has 11 heteroatoms. The van der Waals surface area contributed by atoms with Gasteiger partial charge in [-0.2, -0.15) is 0 Å². The SMILES string of the molecule is COc1ncnc(OC)c1-c1c[nH]c2nc(NC(=O)NCC(F)CN(C)C)ccc12. The van der Waals surface area contributed by atoms with Crippen molar-refractivity contribution in [3.8, 4) is 22.9 Å². The Hall–Kier alpha value is -3.47. The number of methoxy groups -OCH3 is 2. The second-order valence-electron chi connectivity index (χ2n) is 6.76. The Labute approximate surface area is 172 Å². The topological polar surface area (TPSA) is 117 Å². The summed E-state index contributed by atoms with van der Waals surface area (Å²) in [4.78, 5) is 29.5. The lowest BCUT2D eigenvalue weighted by atomic mass is 10.1. The molecule has 0 aliphatic rings. The molecule has 1 atom stereocenters. The summed E-state index contributed by atoms with van der Waals surface area (Å²) in [5.74, 6) is 1.05. The number of urea groups is 1. The summed E-state index contributed by atoms with van der Waals surface area (Å²) in [5.41, 5.74) is 1.86. The molecule has 0 aromatic carbocycles. The predicted octanol–water partition coefficient (Wildman–Crippen LogP) is 2.06. The first-order valence-electron chi connectivity index (χ1n) is 9.18. The van der Waals surface area contributed by atoms with Crippen LogP contribution in [0.25, 0.3) is 22.2 Å². The molecule has 0 bridgehead atoms. The highest BCUT2D eigenvalue weighted by Crippen LogP contribution is 2.38. The maximum atomic E-state index is 13.7. The molecule has 0 fully saturated rings. The van der Waals surface area contributed by atoms with E-state index in [1.165, 1.54) is 20.5 Å². The van der Waals surface area contributed by atoms with Crippen molar-refractivity contribution in [2.45, 2.75) is 6.17 Å². The van der Waals surface area contributed by atoms with Gasteiger partial charge in [-0.05, 0) is 26.2 Å². The van der Waals surface area contributed by atoms with Crippen LogP contribution < -0.4 is 20.1 Å². The molecule has 30 heavy (non-hydrogen) atoms. The number of carbonyl (C=O) groups excluding carboxylic acids is 1. The molecule has 3 aromatic rings. The van der Waals surface area contributed by atoms with Crippen molar-refractivity contribution < 1.29 is 18.7 Å². The van der Waals surface area contributed by atoms with Gasteiger partial charge in [0.15, 0.2) is 0 Å². The Morgan fingerprint density at radius 2 is 1.93 bits per heavy atom. The number of hydrogen-bond acceptors (Lipinski definition) is 7. The minimum Gasteiger partial charge on any atom is -0.480 e. The highest BCUT2D eigenvalue weighted by Gasteiger charge is 2.19. The lowest BCUT2D eigenvalue weighted by Crippen LogP contribution is -2.37. The van der Waals surface area contributed by atoms with Crippen LogP contribution in [0.3, 0.4) is 0 Å². The molecular formula is C19H24FN7O3. The first-order valence-corrected chi connectivity index (χ1v) is 9.18. The molecule has 0 spiro atoms. The van der Waals surface area contributed by atoms with Crippen molar-refractivity contribution in [1.29, 1.82) is 0 Å². The van der Waals surface area contributed by atoms with Crippen molar-refractivity contribution >= 4 is 22.9 Å². The van der Waals surface area contributed by atoms with Gasteiger partial charge in [-0.1, -0.05) is 0 Å². The first kappa shape index (κ1) is 21.2. The third-order valence-corrected chi connectivity index (χ3v) is 4.26. The molecule has 0 aliphatic carbocycles. The van der Waals surface area contributed by atoms with Crippen LogP contribution >= 0.6 is 0 Å². The van der Waals surface area contributed by atoms with Crippen LogP contribution in [-0.2, 0) is 0 Å². The van der Waals surface area contributed by atoms with E-state index >= 15 is 0 Å². The van der Waals surface area contributed by atoms with E-state index in [1.807, 2.05) is 0 Å². The number of nitrogens with zero attached hydrogens (tertiary/aromatic N) is 4. The molecule has 0 radical (unpaired) electrons. The first-order chi connectivity index (χ1) is 14.4. The number of ether oxygens (including phenoxy) is 2. The maximum Gasteiger partial charge on any atom is 0.320 e. The average Bonchev–Trinajstić information content (AvgIpc) is 3.13. The number of anilines is 1. The zero-order valence-electron chi connectivity index (χ0n) is 17.2. The van der Waals surface area contributed by atoms with E-state index in [0.29, 0.717) is 28.8 Å². The van der Waals surface area contributed by atoms with E-state index in [9.17, 15) is 9.18 Å². The summed E-state index contributed by atoms with van der Waals surface area (Å²) in [5, 5.41) is 5.86. The van der Waals surface area contributed by atoms with Crippen molar-refractivity contribution in [2.75, 3.05) is 46.7 Å². The van der Waals surface area contributed by atoms with Gasteiger partial charge in [0.2, 0.25) is 11.8 Å². The van der Waals surface area contributed by atoms with Gasteiger partial charge in [0, 0.05) is 23.7 Å². The lowest BCUT2D eigenvalue weighted by Gasteiger charge is -2.14. The van der Waals surface area contributed by atoms with Crippen molar-refractivity contribution in [2.24, 2.45) is 0 Å². The summed E-state index contributed by atoms with van der Waals surface area (Å²) >= 11 is 0. The highest BCUT2D eigenvalue weighted by atomic mass is 19.1. The Morgan fingerprint density at radius 1 is 1.23 bits per heavy atom. The number of H-pyrrole nitrogens is 1. The van der Waals surface area contributed by atoms with Crippen LogP contribution in [0.4, 0.5) is 15.0 Å². The highest BCUT2D eigenvalue weighted by molar-refractivity contribution is 5.98. The van der Waals surface area contributed by atoms with E-state index in [1.54, 1.807) is 37.3 Å². The number of amides is 2. The number of hydrogen-bond donors (Lipinski definition) is 3. The van der Waals surface area contributed by atoms with Crippen LogP contribution in [0.5, 0.6) is 11.8 Å². The summed E-state index contributed by atoms with van der Waals surface area (Å²) in [6.45, 7) is 0.137. The van der Waals surface area contributed by atoms with E-state index in [4.69, 9.17) is 9.47 Å². The minimum absolute atomic E-state index is 0.0908. The van der Waals surface area contributed by atoms with Gasteiger partial charge in [-0.3, -0.25) is 5.32 Å². The van der Waals surface area contributed by atoms with Crippen molar-refractivity contribution in [3.05, 3.63) is 24.7 Å². The Morgan fingerprint density at radius 3 is 2.57 bits per heavy atom. The van der Waals surface area contributed by atoms with Gasteiger partial charge in [0.1, 0.15) is 29.5 Å². The van der Waals surface area contributed by atoms with Gasteiger partial charge in [-0.25, -0.2) is 24.1 Å². The fraction of sp³-hybridized carbons (Fsp3) is 0.368. The predicted molar refractivity (Wildman–Crippen MR) is 111 cm³/mol. The van der Waals surface area contributed by atoms with Gasteiger partial charge in [0.25, 0.3) is 0 Å². The number of alkyl halides is 1. The number of aromatic amines is 1. The van der Waals surface area contributed by atoms with E-state index in [-0.39, 0.29) is 13.1 Å². The fourth-order valence-electron chi connectivity index (χ4n) is 3.00. The standard InChI is InChI=1S/C19H24FN7O3/c1-27(2)9-11(20)7-22-19(28)26-14-6-5-12-13(8-21-16(12)25-14)15-17(29-3)23-10-24-18(15)30-4/h5-6,8,10-11H,7,9H2,1-4H3,(H3,21,22,25,26,28). The fourth-order valence-corrected chi connectivity index (χ4v) is 3.00. The Balaban J connectivity index is 1.78. The maximum absolute atomic E-state index is 13.7. The molecule has 3 heterocycles. The number of rotatable bonds is 8. The molecule has 10 nitrogen and oxygen atoms in total. The van der Waals surface area contributed by atoms with Crippen LogP contribution in [0.15, 0.2) is 24.7 Å². The molecule has 3 rings (SSSR count). The van der Waals surface area contributed by atoms with E-state index in [0.717, 1.165) is 10.9 Å². The number of aromatic nitrogens is 4. The Kier molecular flexibility index (Phi) is 6.62. The normalized spacial score (nSPS) is 12.1. The number of carbonyl (C=O) groups is 1. The zero-order chi connectivity index (χ0) is 21.7. The lowest BCUT2D eigenvalue weighted by molar-refractivity contribution is 0.228. The van der Waals surface area contributed by atoms with E-state index < -0.39 is 12.2 Å². The van der Waals surface area contributed by atoms with Crippen LogP contribution in [0, 0.1) is 0 Å². The van der Waals surface area contributed by atoms with Gasteiger partial charge >= 0.3 is 6.03 Å². The summed E-state index contributed by atoms with van der Waals surface area (Å²) in [7, 11) is 6.56. The molecule has 3 aromatic heterocycles. The van der Waals surface area contributed by atoms with E-state index in [2.05, 4.69) is 30.6 Å². The Bertz CT molecular complexity index is 1000. The zero-order valence-corrected chi connectivity index (χ0v) is 17.2. The summed E-state index contributed by atoms with van der Waals surface area (Å²) in [6.07, 6.45) is 1.93. The van der Waals surface area contributed by atoms with Crippen LogP contribution in [-0.4, -0.2) is 78.4 Å². The number of fused-ring (bicyclic) bond motifs is 1.